The van der Waals surface area contributed by atoms with Gasteiger partial charge >= 0.3 is 0 Å². The normalized spacial score (nSPS) is 47.8. The third-order valence-electron chi connectivity index (χ3n) is 9.79. The van der Waals surface area contributed by atoms with E-state index in [9.17, 15) is 0 Å². The Kier molecular flexibility index (Phi) is 5.77. The van der Waals surface area contributed by atoms with Gasteiger partial charge in [-0.05, 0) is 98.2 Å². The lowest BCUT2D eigenvalue weighted by Gasteiger charge is -2.61. The first-order valence-corrected chi connectivity index (χ1v) is 11.8. The van der Waals surface area contributed by atoms with Crippen LogP contribution in [0.3, 0.4) is 0 Å². The standard InChI is InChI=1S/C24H40N2O2/c1-5-15-27-25-26-28-19-11-13-24(4)18(16-19)7-9-20-21-10-8-17(6-2)23(21,3)14-12-22(20)24/h5,17-22H,1,6-16H2,2-4H3/t17-,18?,19?,20?,21?,22?,23+,24-/m0/s1. The van der Waals surface area contributed by atoms with E-state index in [0.717, 1.165) is 42.4 Å². The van der Waals surface area contributed by atoms with Crippen molar-refractivity contribution in [3.63, 3.8) is 0 Å². The van der Waals surface area contributed by atoms with Crippen molar-refractivity contribution in [3.8, 4) is 0 Å². The molecule has 4 rings (SSSR count). The van der Waals surface area contributed by atoms with Crippen LogP contribution in [-0.4, -0.2) is 12.7 Å². The highest BCUT2D eigenvalue weighted by molar-refractivity contribution is 5.09. The minimum atomic E-state index is 0.204. The first-order chi connectivity index (χ1) is 13.5. The summed E-state index contributed by atoms with van der Waals surface area (Å²) in [6, 6.07) is 0. The lowest BCUT2D eigenvalue weighted by Crippen LogP contribution is -2.54. The Hall–Kier alpha value is -1.06. The molecule has 4 heteroatoms. The van der Waals surface area contributed by atoms with Crippen LogP contribution in [0.2, 0.25) is 0 Å². The molecule has 0 saturated heterocycles. The third kappa shape index (κ3) is 3.29. The maximum absolute atomic E-state index is 5.67. The molecule has 4 aliphatic carbocycles. The predicted molar refractivity (Wildman–Crippen MR) is 111 cm³/mol. The molecule has 0 spiro atoms. The van der Waals surface area contributed by atoms with Crippen LogP contribution < -0.4 is 0 Å². The van der Waals surface area contributed by atoms with Crippen molar-refractivity contribution in [2.75, 3.05) is 6.61 Å². The zero-order valence-electron chi connectivity index (χ0n) is 18.2. The van der Waals surface area contributed by atoms with E-state index in [1.54, 1.807) is 6.08 Å². The molecule has 4 saturated carbocycles. The molecule has 158 valence electrons. The van der Waals surface area contributed by atoms with Crippen LogP contribution in [0.15, 0.2) is 23.2 Å². The number of hydrogen-bond acceptors (Lipinski definition) is 4. The molecule has 0 aromatic carbocycles. The summed E-state index contributed by atoms with van der Waals surface area (Å²) < 4.78 is 0. The average molecular weight is 389 g/mol. The van der Waals surface area contributed by atoms with Crippen molar-refractivity contribution in [1.29, 1.82) is 0 Å². The van der Waals surface area contributed by atoms with Crippen LogP contribution in [0.1, 0.15) is 85.0 Å². The summed E-state index contributed by atoms with van der Waals surface area (Å²) in [5.41, 5.74) is 1.14. The third-order valence-corrected chi connectivity index (χ3v) is 9.79. The van der Waals surface area contributed by atoms with E-state index in [2.05, 4.69) is 37.9 Å². The molecule has 0 heterocycles. The molecule has 0 bridgehead atoms. The van der Waals surface area contributed by atoms with E-state index in [1.807, 2.05) is 0 Å². The van der Waals surface area contributed by atoms with Gasteiger partial charge in [0, 0.05) is 0 Å². The predicted octanol–water partition coefficient (Wildman–Crippen LogP) is 6.93. The highest BCUT2D eigenvalue weighted by Gasteiger charge is 2.59. The second kappa shape index (κ2) is 7.99. The maximum Gasteiger partial charge on any atom is 0.137 e. The van der Waals surface area contributed by atoms with E-state index in [0.29, 0.717) is 17.4 Å². The Morgan fingerprint density at radius 1 is 0.964 bits per heavy atom. The lowest BCUT2D eigenvalue weighted by atomic mass is 9.44. The summed E-state index contributed by atoms with van der Waals surface area (Å²) in [6.45, 7) is 11.7. The fourth-order valence-corrected chi connectivity index (χ4v) is 8.29. The summed E-state index contributed by atoms with van der Waals surface area (Å²) in [5, 5.41) is 7.43. The monoisotopic (exact) mass is 388 g/mol. The van der Waals surface area contributed by atoms with Gasteiger partial charge in [-0.1, -0.05) is 39.8 Å². The van der Waals surface area contributed by atoms with Crippen LogP contribution in [0.5, 0.6) is 0 Å². The minimum Gasteiger partial charge on any atom is -0.374 e. The van der Waals surface area contributed by atoms with Gasteiger partial charge in [-0.15, -0.1) is 0 Å². The zero-order chi connectivity index (χ0) is 19.8. The largest absolute Gasteiger partial charge is 0.374 e. The highest BCUT2D eigenvalue weighted by Crippen LogP contribution is 2.67. The van der Waals surface area contributed by atoms with Crippen LogP contribution in [0.4, 0.5) is 0 Å². The SMILES string of the molecule is C=CCON=NOC1CC[C@@]2(C)C(CCC3C2CC[C@@]2(C)C3CC[C@@H]2CC)C1. The minimum absolute atomic E-state index is 0.204. The molecule has 0 N–H and O–H groups in total. The first-order valence-electron chi connectivity index (χ1n) is 11.8. The number of fused-ring (bicyclic) bond motifs is 5. The van der Waals surface area contributed by atoms with Gasteiger partial charge in [0.05, 0.1) is 10.6 Å². The van der Waals surface area contributed by atoms with Crippen molar-refractivity contribution >= 4 is 0 Å². The summed E-state index contributed by atoms with van der Waals surface area (Å²) in [5.74, 6) is 4.64. The van der Waals surface area contributed by atoms with Gasteiger partial charge in [0.25, 0.3) is 0 Å². The Morgan fingerprint density at radius 2 is 1.75 bits per heavy atom. The highest BCUT2D eigenvalue weighted by atomic mass is 16.7. The number of hydrogen-bond donors (Lipinski definition) is 0. The summed E-state index contributed by atoms with van der Waals surface area (Å²) in [7, 11) is 0. The van der Waals surface area contributed by atoms with Crippen LogP contribution in [0, 0.1) is 40.4 Å². The van der Waals surface area contributed by atoms with Crippen molar-refractivity contribution in [1.82, 2.24) is 0 Å². The smallest absolute Gasteiger partial charge is 0.137 e. The summed E-state index contributed by atoms with van der Waals surface area (Å²) in [6.07, 6.45) is 15.5. The molecular weight excluding hydrogens is 348 g/mol. The molecule has 4 nitrogen and oxygen atoms in total. The van der Waals surface area contributed by atoms with Gasteiger partial charge in [-0.25, -0.2) is 0 Å². The molecule has 5 unspecified atom stereocenters. The number of rotatable bonds is 6. The molecule has 0 amide bonds. The molecular formula is C24H40N2O2. The maximum atomic E-state index is 5.67. The van der Waals surface area contributed by atoms with Gasteiger partial charge in [0.1, 0.15) is 12.7 Å². The van der Waals surface area contributed by atoms with Gasteiger partial charge in [0.2, 0.25) is 0 Å². The van der Waals surface area contributed by atoms with Gasteiger partial charge < -0.3 is 9.68 Å². The Bertz CT molecular complexity index is 593. The van der Waals surface area contributed by atoms with Gasteiger partial charge in [-0.3, -0.25) is 0 Å². The van der Waals surface area contributed by atoms with Gasteiger partial charge in [0.15, 0.2) is 0 Å². The van der Waals surface area contributed by atoms with E-state index in [1.165, 1.54) is 51.4 Å². The van der Waals surface area contributed by atoms with Crippen LogP contribution in [-0.2, 0) is 9.68 Å². The molecule has 0 aromatic heterocycles. The van der Waals surface area contributed by atoms with E-state index in [4.69, 9.17) is 9.68 Å². The van der Waals surface area contributed by atoms with Crippen LogP contribution >= 0.6 is 0 Å². The molecule has 0 aliphatic heterocycles. The van der Waals surface area contributed by atoms with Gasteiger partial charge in [-0.2, -0.15) is 0 Å². The van der Waals surface area contributed by atoms with E-state index >= 15 is 0 Å². The Morgan fingerprint density at radius 3 is 2.54 bits per heavy atom. The first kappa shape index (κ1) is 20.2. The lowest BCUT2D eigenvalue weighted by molar-refractivity contribution is -0.138. The van der Waals surface area contributed by atoms with Crippen molar-refractivity contribution in [2.24, 2.45) is 51.0 Å². The molecule has 28 heavy (non-hydrogen) atoms. The Balaban J connectivity index is 1.41. The van der Waals surface area contributed by atoms with E-state index in [-0.39, 0.29) is 6.10 Å². The Labute approximate surface area is 171 Å². The topological polar surface area (TPSA) is 43.2 Å². The second-order valence-electron chi connectivity index (χ2n) is 10.6. The number of nitrogens with zero attached hydrogens (tertiary/aromatic N) is 2. The van der Waals surface area contributed by atoms with Crippen LogP contribution in [0.25, 0.3) is 0 Å². The fraction of sp³-hybridized carbons (Fsp3) is 0.917. The molecule has 0 radical (unpaired) electrons. The molecule has 8 atom stereocenters. The molecule has 4 fully saturated rings. The summed E-state index contributed by atoms with van der Waals surface area (Å²) >= 11 is 0. The fourth-order valence-electron chi connectivity index (χ4n) is 8.29. The quantitative estimate of drug-likeness (QED) is 0.214. The van der Waals surface area contributed by atoms with Crippen molar-refractivity contribution < 1.29 is 9.68 Å². The van der Waals surface area contributed by atoms with Crippen molar-refractivity contribution in [3.05, 3.63) is 12.7 Å². The second-order valence-corrected chi connectivity index (χ2v) is 10.6. The van der Waals surface area contributed by atoms with E-state index < -0.39 is 0 Å². The molecule has 4 aliphatic rings. The average Bonchev–Trinajstić information content (AvgIpc) is 3.04. The molecule has 0 aromatic rings. The summed E-state index contributed by atoms with van der Waals surface area (Å²) in [4.78, 5) is 10.6. The zero-order valence-corrected chi connectivity index (χ0v) is 18.2. The van der Waals surface area contributed by atoms with Crippen molar-refractivity contribution in [2.45, 2.75) is 91.1 Å².